The van der Waals surface area contributed by atoms with Gasteiger partial charge in [-0.05, 0) is 31.9 Å². The molecule has 21 heavy (non-hydrogen) atoms. The van der Waals surface area contributed by atoms with Gasteiger partial charge in [-0.3, -0.25) is 4.79 Å². The molecule has 3 N–H and O–H groups in total. The number of carboxylic acid groups (broad SMARTS) is 1. The molecule has 6 nitrogen and oxygen atoms in total. The number of carbonyl (C=O) groups is 2. The van der Waals surface area contributed by atoms with Gasteiger partial charge in [0.15, 0.2) is 0 Å². The van der Waals surface area contributed by atoms with Crippen LogP contribution in [0.4, 0.5) is 4.79 Å². The van der Waals surface area contributed by atoms with Gasteiger partial charge in [-0.1, -0.05) is 12.2 Å². The Morgan fingerprint density at radius 3 is 2.90 bits per heavy atom. The van der Waals surface area contributed by atoms with Crippen LogP contribution in [0.2, 0.25) is 0 Å². The van der Waals surface area contributed by atoms with E-state index in [0.717, 1.165) is 18.6 Å². The van der Waals surface area contributed by atoms with Gasteiger partial charge in [0.2, 0.25) is 0 Å². The SMILES string of the molecule is CC(CCc1ccco1)NC(=O)NC1C=CC(C(=O)O)C1. The highest BCUT2D eigenvalue weighted by Crippen LogP contribution is 2.17. The normalized spacial score (nSPS) is 22.0. The average Bonchev–Trinajstić information content (AvgIpc) is 3.06. The van der Waals surface area contributed by atoms with Crippen molar-refractivity contribution in [3.63, 3.8) is 0 Å². The van der Waals surface area contributed by atoms with Crippen molar-refractivity contribution >= 4 is 12.0 Å². The Bertz CT molecular complexity index is 510. The van der Waals surface area contributed by atoms with E-state index in [1.165, 1.54) is 0 Å². The van der Waals surface area contributed by atoms with Gasteiger partial charge in [-0.2, -0.15) is 0 Å². The molecule has 0 fully saturated rings. The molecule has 3 unspecified atom stereocenters. The van der Waals surface area contributed by atoms with E-state index in [4.69, 9.17) is 9.52 Å². The molecule has 1 heterocycles. The van der Waals surface area contributed by atoms with Crippen molar-refractivity contribution in [3.05, 3.63) is 36.3 Å². The standard InChI is InChI=1S/C15H20N2O4/c1-10(4-7-13-3-2-8-21-13)16-15(20)17-12-6-5-11(9-12)14(18)19/h2-3,5-6,8,10-12H,4,7,9H2,1H3,(H,18,19)(H2,16,17,20). The van der Waals surface area contributed by atoms with Crippen molar-refractivity contribution < 1.29 is 19.1 Å². The first-order valence-electron chi connectivity index (χ1n) is 7.05. The molecule has 0 saturated heterocycles. The monoisotopic (exact) mass is 292 g/mol. The van der Waals surface area contributed by atoms with Gasteiger partial charge < -0.3 is 20.2 Å². The molecule has 3 atom stereocenters. The number of hydrogen-bond donors (Lipinski definition) is 3. The van der Waals surface area contributed by atoms with Gasteiger partial charge >= 0.3 is 12.0 Å². The highest BCUT2D eigenvalue weighted by atomic mass is 16.4. The van der Waals surface area contributed by atoms with Crippen LogP contribution in [0.1, 0.15) is 25.5 Å². The lowest BCUT2D eigenvalue weighted by Crippen LogP contribution is -2.44. The third kappa shape index (κ3) is 4.66. The van der Waals surface area contributed by atoms with Crippen LogP contribution in [-0.4, -0.2) is 29.2 Å². The maximum absolute atomic E-state index is 11.8. The number of amides is 2. The molecule has 6 heteroatoms. The van der Waals surface area contributed by atoms with E-state index in [1.807, 2.05) is 19.1 Å². The van der Waals surface area contributed by atoms with Crippen molar-refractivity contribution in [2.45, 2.75) is 38.3 Å². The molecule has 1 aliphatic rings. The van der Waals surface area contributed by atoms with Gasteiger partial charge in [0.25, 0.3) is 0 Å². The number of hydrogen-bond acceptors (Lipinski definition) is 3. The highest BCUT2D eigenvalue weighted by molar-refractivity contribution is 5.76. The summed E-state index contributed by atoms with van der Waals surface area (Å²) in [4.78, 5) is 22.6. The van der Waals surface area contributed by atoms with Crippen molar-refractivity contribution in [2.75, 3.05) is 0 Å². The van der Waals surface area contributed by atoms with Crippen LogP contribution in [-0.2, 0) is 11.2 Å². The van der Waals surface area contributed by atoms with Crippen molar-refractivity contribution in [1.29, 1.82) is 0 Å². The average molecular weight is 292 g/mol. The number of furan rings is 1. The fourth-order valence-electron chi connectivity index (χ4n) is 2.31. The Balaban J connectivity index is 1.67. The quantitative estimate of drug-likeness (QED) is 0.699. The summed E-state index contributed by atoms with van der Waals surface area (Å²) in [5.74, 6) is -0.471. The topological polar surface area (TPSA) is 91.6 Å². The van der Waals surface area contributed by atoms with Crippen LogP contribution in [0.15, 0.2) is 35.0 Å². The minimum absolute atomic E-state index is 0.00996. The lowest BCUT2D eigenvalue weighted by Gasteiger charge is -2.17. The molecule has 2 rings (SSSR count). The summed E-state index contributed by atoms with van der Waals surface area (Å²) >= 11 is 0. The van der Waals surface area contributed by atoms with Crippen molar-refractivity contribution in [2.24, 2.45) is 5.92 Å². The summed E-state index contributed by atoms with van der Waals surface area (Å²) in [5.41, 5.74) is 0. The number of carboxylic acids is 1. The van der Waals surface area contributed by atoms with Gasteiger partial charge in [0, 0.05) is 12.5 Å². The Labute approximate surface area is 123 Å². The largest absolute Gasteiger partial charge is 0.481 e. The van der Waals surface area contributed by atoms with E-state index in [-0.39, 0.29) is 18.1 Å². The highest BCUT2D eigenvalue weighted by Gasteiger charge is 2.25. The number of urea groups is 1. The first-order valence-corrected chi connectivity index (χ1v) is 7.05. The molecule has 1 aromatic heterocycles. The Hall–Kier alpha value is -2.24. The maximum Gasteiger partial charge on any atom is 0.315 e. The van der Waals surface area contributed by atoms with Crippen LogP contribution >= 0.6 is 0 Å². The van der Waals surface area contributed by atoms with E-state index in [0.29, 0.717) is 6.42 Å². The van der Waals surface area contributed by atoms with Gasteiger partial charge in [0.05, 0.1) is 18.2 Å². The van der Waals surface area contributed by atoms with Crippen LogP contribution in [0.3, 0.4) is 0 Å². The predicted octanol–water partition coefficient (Wildman–Crippen LogP) is 1.93. The fraction of sp³-hybridized carbons (Fsp3) is 0.467. The predicted molar refractivity (Wildman–Crippen MR) is 76.8 cm³/mol. The molecule has 0 saturated carbocycles. The summed E-state index contributed by atoms with van der Waals surface area (Å²) in [6.45, 7) is 1.92. The second-order valence-electron chi connectivity index (χ2n) is 5.31. The van der Waals surface area contributed by atoms with E-state index >= 15 is 0 Å². The third-order valence-corrected chi connectivity index (χ3v) is 3.50. The van der Waals surface area contributed by atoms with Crippen LogP contribution in [0.5, 0.6) is 0 Å². The fourth-order valence-corrected chi connectivity index (χ4v) is 2.31. The van der Waals surface area contributed by atoms with Crippen LogP contribution in [0.25, 0.3) is 0 Å². The number of aryl methyl sites for hydroxylation is 1. The minimum Gasteiger partial charge on any atom is -0.481 e. The maximum atomic E-state index is 11.8. The van der Waals surface area contributed by atoms with Gasteiger partial charge in [-0.25, -0.2) is 4.79 Å². The first-order chi connectivity index (χ1) is 10.0. The molecule has 1 aliphatic carbocycles. The van der Waals surface area contributed by atoms with E-state index in [2.05, 4.69) is 10.6 Å². The summed E-state index contributed by atoms with van der Waals surface area (Å²) in [7, 11) is 0. The van der Waals surface area contributed by atoms with Gasteiger partial charge in [-0.15, -0.1) is 0 Å². The number of aliphatic carboxylic acids is 1. The zero-order chi connectivity index (χ0) is 15.2. The molecule has 1 aromatic rings. The molecule has 0 radical (unpaired) electrons. The number of rotatable bonds is 6. The summed E-state index contributed by atoms with van der Waals surface area (Å²) in [5, 5.41) is 14.5. The first kappa shape index (κ1) is 15.2. The number of nitrogens with one attached hydrogen (secondary N) is 2. The Morgan fingerprint density at radius 2 is 2.29 bits per heavy atom. The second-order valence-corrected chi connectivity index (χ2v) is 5.31. The van der Waals surface area contributed by atoms with E-state index in [9.17, 15) is 9.59 Å². The molecular formula is C15H20N2O4. The zero-order valence-corrected chi connectivity index (χ0v) is 11.9. The second kappa shape index (κ2) is 6.97. The molecule has 0 spiro atoms. The number of carbonyl (C=O) groups excluding carboxylic acids is 1. The van der Waals surface area contributed by atoms with Crippen molar-refractivity contribution in [1.82, 2.24) is 10.6 Å². The van der Waals surface area contributed by atoms with Crippen molar-refractivity contribution in [3.8, 4) is 0 Å². The smallest absolute Gasteiger partial charge is 0.315 e. The molecule has 0 bridgehead atoms. The van der Waals surface area contributed by atoms with Crippen LogP contribution in [0, 0.1) is 5.92 Å². The van der Waals surface area contributed by atoms with Crippen LogP contribution < -0.4 is 10.6 Å². The lowest BCUT2D eigenvalue weighted by atomic mass is 10.1. The summed E-state index contributed by atoms with van der Waals surface area (Å²) in [6, 6.07) is 3.26. The van der Waals surface area contributed by atoms with E-state index < -0.39 is 11.9 Å². The minimum atomic E-state index is -0.859. The van der Waals surface area contributed by atoms with E-state index in [1.54, 1.807) is 18.4 Å². The zero-order valence-electron chi connectivity index (χ0n) is 11.9. The Morgan fingerprint density at radius 1 is 1.48 bits per heavy atom. The molecule has 2 amide bonds. The lowest BCUT2D eigenvalue weighted by molar-refractivity contribution is -0.140. The summed E-state index contributed by atoms with van der Waals surface area (Å²) < 4.78 is 5.24. The molecule has 0 aliphatic heterocycles. The van der Waals surface area contributed by atoms with Gasteiger partial charge in [0.1, 0.15) is 5.76 Å². The summed E-state index contributed by atoms with van der Waals surface area (Å²) in [6.07, 6.45) is 6.92. The molecule has 114 valence electrons. The molecule has 0 aromatic carbocycles. The molecular weight excluding hydrogens is 272 g/mol. The third-order valence-electron chi connectivity index (χ3n) is 3.50. The Kier molecular flexibility index (Phi) is 5.03.